The van der Waals surface area contributed by atoms with Crippen molar-refractivity contribution in [3.63, 3.8) is 0 Å². The van der Waals surface area contributed by atoms with Crippen LogP contribution in [0.1, 0.15) is 23.2 Å². The Balaban J connectivity index is 1.46. The Hall–Kier alpha value is -4.21. The van der Waals surface area contributed by atoms with Crippen LogP contribution in [0.2, 0.25) is 0 Å². The largest absolute Gasteiger partial charge is 0.495 e. The van der Waals surface area contributed by atoms with E-state index in [9.17, 15) is 4.79 Å². The van der Waals surface area contributed by atoms with Crippen molar-refractivity contribution < 1.29 is 23.7 Å². The molecule has 206 valence electrons. The van der Waals surface area contributed by atoms with Gasteiger partial charge in [-0.2, -0.15) is 0 Å². The first-order valence-corrected chi connectivity index (χ1v) is 13.1. The van der Waals surface area contributed by atoms with Gasteiger partial charge in [-0.05, 0) is 43.0 Å². The minimum Gasteiger partial charge on any atom is -0.495 e. The van der Waals surface area contributed by atoms with E-state index < -0.39 is 0 Å². The third kappa shape index (κ3) is 5.64. The number of nitrogens with one attached hydrogen (secondary N) is 1. The highest BCUT2D eigenvalue weighted by atomic mass is 16.5. The molecule has 0 unspecified atom stereocenters. The normalized spacial score (nSPS) is 15.1. The van der Waals surface area contributed by atoms with E-state index >= 15 is 0 Å². The number of aromatic nitrogens is 2. The number of ether oxygens (including phenoxy) is 4. The van der Waals surface area contributed by atoms with Crippen molar-refractivity contribution in [2.75, 3.05) is 71.0 Å². The summed E-state index contributed by atoms with van der Waals surface area (Å²) in [5.41, 5.74) is 2.23. The van der Waals surface area contributed by atoms with Crippen LogP contribution in [0.15, 0.2) is 42.6 Å². The Bertz CT molecular complexity index is 1300. The molecule has 1 N–H and O–H groups in total. The molecule has 3 aromatic rings. The molecular formula is C29H35N5O5. The molecule has 2 aromatic carbocycles. The third-order valence-electron chi connectivity index (χ3n) is 7.19. The van der Waals surface area contributed by atoms with E-state index in [-0.39, 0.29) is 5.91 Å². The van der Waals surface area contributed by atoms with Crippen molar-refractivity contribution in [3.8, 4) is 34.4 Å². The topological polar surface area (TPSA) is 98.3 Å². The van der Waals surface area contributed by atoms with Gasteiger partial charge in [0.25, 0.3) is 5.91 Å². The Labute approximate surface area is 228 Å². The highest BCUT2D eigenvalue weighted by molar-refractivity contribution is 5.99. The Morgan fingerprint density at radius 1 is 0.897 bits per heavy atom. The molecule has 10 heteroatoms. The lowest BCUT2D eigenvalue weighted by Gasteiger charge is -2.37. The highest BCUT2D eigenvalue weighted by Gasteiger charge is 2.27. The average Bonchev–Trinajstić information content (AvgIpc) is 3.83. The number of nitrogens with zero attached hydrogens (tertiary/aromatic N) is 4. The maximum Gasteiger partial charge on any atom is 0.256 e. The lowest BCUT2D eigenvalue weighted by atomic mass is 10.1. The van der Waals surface area contributed by atoms with Crippen molar-refractivity contribution >= 4 is 17.4 Å². The first-order valence-electron chi connectivity index (χ1n) is 13.1. The van der Waals surface area contributed by atoms with Gasteiger partial charge in [-0.3, -0.25) is 4.79 Å². The molecule has 1 amide bonds. The summed E-state index contributed by atoms with van der Waals surface area (Å²) in [6, 6.07) is 11.6. The number of hydrogen-bond acceptors (Lipinski definition) is 9. The predicted octanol–water partition coefficient (Wildman–Crippen LogP) is 3.64. The molecule has 0 radical (unpaired) electrons. The standard InChI is InChI=1S/C29H35N5O5/c1-36-23-8-6-5-7-22(23)33-11-13-34(14-12-33)28-21(29(35)31-17-19-9-10-19)18-30-27(32-28)20-15-24(37-2)26(39-4)25(16-20)38-3/h5-8,15-16,18-19H,9-14,17H2,1-4H3,(H,31,35). The van der Waals surface area contributed by atoms with Crippen molar-refractivity contribution in [2.45, 2.75) is 12.8 Å². The first kappa shape index (κ1) is 26.4. The number of piperazine rings is 1. The lowest BCUT2D eigenvalue weighted by molar-refractivity contribution is 0.0951. The highest BCUT2D eigenvalue weighted by Crippen LogP contribution is 2.41. The molecule has 39 heavy (non-hydrogen) atoms. The van der Waals surface area contributed by atoms with Crippen molar-refractivity contribution in [1.82, 2.24) is 15.3 Å². The van der Waals surface area contributed by atoms with Gasteiger partial charge in [0.05, 0.1) is 34.1 Å². The number of hydrogen-bond donors (Lipinski definition) is 1. The Kier molecular flexibility index (Phi) is 7.90. The summed E-state index contributed by atoms with van der Waals surface area (Å²) >= 11 is 0. The molecule has 1 saturated carbocycles. The molecule has 2 fully saturated rings. The lowest BCUT2D eigenvalue weighted by Crippen LogP contribution is -2.47. The van der Waals surface area contributed by atoms with E-state index in [4.69, 9.17) is 23.9 Å². The molecule has 2 aliphatic rings. The van der Waals surface area contributed by atoms with Crippen molar-refractivity contribution in [3.05, 3.63) is 48.2 Å². The van der Waals surface area contributed by atoms with E-state index in [1.807, 2.05) is 30.3 Å². The van der Waals surface area contributed by atoms with Gasteiger partial charge in [-0.1, -0.05) is 12.1 Å². The zero-order valence-electron chi connectivity index (χ0n) is 22.9. The molecule has 5 rings (SSSR count). The van der Waals surface area contributed by atoms with Crippen LogP contribution in [0.3, 0.4) is 0 Å². The monoisotopic (exact) mass is 533 g/mol. The van der Waals surface area contributed by atoms with E-state index in [1.165, 1.54) is 0 Å². The van der Waals surface area contributed by atoms with Gasteiger partial charge in [0.2, 0.25) is 5.75 Å². The summed E-state index contributed by atoms with van der Waals surface area (Å²) in [6.45, 7) is 3.56. The van der Waals surface area contributed by atoms with Crippen molar-refractivity contribution in [1.29, 1.82) is 0 Å². The fourth-order valence-electron chi connectivity index (χ4n) is 4.83. The molecule has 1 aliphatic heterocycles. The maximum absolute atomic E-state index is 13.2. The van der Waals surface area contributed by atoms with Crippen LogP contribution in [-0.4, -0.2) is 77.0 Å². The van der Waals surface area contributed by atoms with Crippen LogP contribution in [0.25, 0.3) is 11.4 Å². The van der Waals surface area contributed by atoms with Crippen LogP contribution < -0.4 is 34.1 Å². The van der Waals surface area contributed by atoms with Crippen LogP contribution in [0.4, 0.5) is 11.5 Å². The van der Waals surface area contributed by atoms with E-state index in [1.54, 1.807) is 34.6 Å². The molecule has 1 aromatic heterocycles. The number of carbonyl (C=O) groups is 1. The summed E-state index contributed by atoms with van der Waals surface area (Å²) in [4.78, 5) is 27.2. The van der Waals surface area contributed by atoms with Gasteiger partial charge in [-0.25, -0.2) is 9.97 Å². The fraction of sp³-hybridized carbons (Fsp3) is 0.414. The zero-order valence-corrected chi connectivity index (χ0v) is 22.9. The average molecular weight is 534 g/mol. The predicted molar refractivity (Wildman–Crippen MR) is 150 cm³/mol. The summed E-state index contributed by atoms with van der Waals surface area (Å²) in [5, 5.41) is 3.07. The molecule has 10 nitrogen and oxygen atoms in total. The van der Waals surface area contributed by atoms with E-state index in [0.29, 0.717) is 65.6 Å². The quantitative estimate of drug-likeness (QED) is 0.419. The van der Waals surface area contributed by atoms with Crippen molar-refractivity contribution in [2.24, 2.45) is 5.92 Å². The summed E-state index contributed by atoms with van der Waals surface area (Å²) in [6.07, 6.45) is 3.94. The van der Waals surface area contributed by atoms with Gasteiger partial charge >= 0.3 is 0 Å². The third-order valence-corrected chi connectivity index (χ3v) is 7.19. The molecule has 2 heterocycles. The van der Waals surface area contributed by atoms with Gasteiger partial charge in [0.1, 0.15) is 17.1 Å². The molecule has 0 atom stereocenters. The Morgan fingerprint density at radius 3 is 2.15 bits per heavy atom. The fourth-order valence-corrected chi connectivity index (χ4v) is 4.83. The Morgan fingerprint density at radius 2 is 1.54 bits per heavy atom. The molecule has 1 saturated heterocycles. The second-order valence-electron chi connectivity index (χ2n) is 9.64. The van der Waals surface area contributed by atoms with E-state index in [2.05, 4.69) is 26.2 Å². The second kappa shape index (κ2) is 11.7. The van der Waals surface area contributed by atoms with E-state index in [0.717, 1.165) is 37.4 Å². The summed E-state index contributed by atoms with van der Waals surface area (Å²) in [7, 11) is 6.39. The number of benzene rings is 2. The van der Waals surface area contributed by atoms with Crippen LogP contribution in [0, 0.1) is 5.92 Å². The van der Waals surface area contributed by atoms with Crippen LogP contribution in [0.5, 0.6) is 23.0 Å². The molecule has 1 aliphatic carbocycles. The minimum absolute atomic E-state index is 0.152. The SMILES string of the molecule is COc1ccccc1N1CCN(c2nc(-c3cc(OC)c(OC)c(OC)c3)ncc2C(=O)NCC2CC2)CC1. The number of amides is 1. The van der Waals surface area contributed by atoms with Gasteiger partial charge in [0.15, 0.2) is 17.3 Å². The summed E-state index contributed by atoms with van der Waals surface area (Å²) < 4.78 is 22.1. The number of rotatable bonds is 10. The number of methoxy groups -OCH3 is 4. The maximum atomic E-state index is 13.2. The summed E-state index contributed by atoms with van der Waals surface area (Å²) in [5.74, 6) is 3.85. The van der Waals surface area contributed by atoms with Crippen LogP contribution >= 0.6 is 0 Å². The zero-order chi connectivity index (χ0) is 27.4. The van der Waals surface area contributed by atoms with Crippen LogP contribution in [-0.2, 0) is 0 Å². The minimum atomic E-state index is -0.152. The van der Waals surface area contributed by atoms with Gasteiger partial charge in [-0.15, -0.1) is 0 Å². The smallest absolute Gasteiger partial charge is 0.256 e. The molecular weight excluding hydrogens is 498 g/mol. The number of carbonyl (C=O) groups excluding carboxylic acids is 1. The molecule has 0 bridgehead atoms. The second-order valence-corrected chi connectivity index (χ2v) is 9.64. The number of anilines is 2. The first-order chi connectivity index (χ1) is 19.1. The number of para-hydroxylation sites is 2. The molecule has 0 spiro atoms. The van der Waals surface area contributed by atoms with Gasteiger partial charge < -0.3 is 34.1 Å². The van der Waals surface area contributed by atoms with Gasteiger partial charge in [0, 0.05) is 44.5 Å².